The van der Waals surface area contributed by atoms with Crippen LogP contribution >= 0.6 is 0 Å². The summed E-state index contributed by atoms with van der Waals surface area (Å²) in [5.41, 5.74) is 0. The Bertz CT molecular complexity index is 117. The molecular formula is C9H22OSi. The minimum atomic E-state index is -1.43. The molecule has 0 saturated carbocycles. The zero-order valence-electron chi connectivity index (χ0n) is 8.82. The minimum Gasteiger partial charge on any atom is -0.420 e. The van der Waals surface area contributed by atoms with Crippen molar-refractivity contribution in [2.45, 2.75) is 51.7 Å². The lowest BCUT2D eigenvalue weighted by Gasteiger charge is -2.40. The second kappa shape index (κ2) is 3.72. The van der Waals surface area contributed by atoms with Crippen LogP contribution in [0.15, 0.2) is 0 Å². The molecule has 0 heterocycles. The second-order valence-corrected chi connectivity index (χ2v) is 8.62. The van der Waals surface area contributed by atoms with E-state index in [9.17, 15) is 0 Å². The molecular weight excluding hydrogens is 152 g/mol. The predicted molar refractivity (Wildman–Crippen MR) is 53.4 cm³/mol. The summed E-state index contributed by atoms with van der Waals surface area (Å²) in [6.45, 7) is 11.5. The van der Waals surface area contributed by atoms with E-state index in [0.717, 1.165) is 0 Å². The van der Waals surface area contributed by atoms with Crippen molar-refractivity contribution in [2.75, 3.05) is 7.11 Å². The van der Waals surface area contributed by atoms with Gasteiger partial charge < -0.3 is 4.43 Å². The molecule has 0 aliphatic rings. The molecule has 0 saturated heterocycles. The van der Waals surface area contributed by atoms with Gasteiger partial charge in [-0.3, -0.25) is 0 Å². The molecule has 0 rings (SSSR count). The average molecular weight is 174 g/mol. The predicted octanol–water partition coefficient (Wildman–Crippen LogP) is 3.42. The van der Waals surface area contributed by atoms with Crippen molar-refractivity contribution in [3.05, 3.63) is 0 Å². The highest BCUT2D eigenvalue weighted by Crippen LogP contribution is 2.44. The van der Waals surface area contributed by atoms with Crippen LogP contribution in [0.3, 0.4) is 0 Å². The van der Waals surface area contributed by atoms with Gasteiger partial charge >= 0.3 is 0 Å². The summed E-state index contributed by atoms with van der Waals surface area (Å²) in [4.78, 5) is 0. The first kappa shape index (κ1) is 11.2. The maximum Gasteiger partial charge on any atom is 0.191 e. The third-order valence-corrected chi connectivity index (χ3v) is 8.16. The smallest absolute Gasteiger partial charge is 0.191 e. The maximum absolute atomic E-state index is 5.62. The number of hydrogen-bond acceptors (Lipinski definition) is 1. The average Bonchev–Trinajstić information content (AvgIpc) is 2.02. The SMILES string of the molecule is CCC(C)(CC)[Si](C)(C)OC. The zero-order valence-corrected chi connectivity index (χ0v) is 9.82. The molecule has 0 aromatic heterocycles. The van der Waals surface area contributed by atoms with E-state index < -0.39 is 8.32 Å². The van der Waals surface area contributed by atoms with E-state index in [2.05, 4.69) is 33.9 Å². The molecule has 0 aliphatic heterocycles. The van der Waals surface area contributed by atoms with Crippen LogP contribution in [0.1, 0.15) is 33.6 Å². The molecule has 0 aromatic carbocycles. The summed E-state index contributed by atoms with van der Waals surface area (Å²) in [5, 5.41) is 0.446. The normalized spacial score (nSPS) is 13.6. The fraction of sp³-hybridized carbons (Fsp3) is 1.00. The van der Waals surface area contributed by atoms with Gasteiger partial charge in [-0.15, -0.1) is 0 Å². The Balaban J connectivity index is 4.47. The molecule has 11 heavy (non-hydrogen) atoms. The molecule has 0 spiro atoms. The molecule has 0 unspecified atom stereocenters. The van der Waals surface area contributed by atoms with Crippen molar-refractivity contribution >= 4 is 8.32 Å². The van der Waals surface area contributed by atoms with Crippen LogP contribution in [0.25, 0.3) is 0 Å². The number of rotatable bonds is 4. The van der Waals surface area contributed by atoms with E-state index in [1.165, 1.54) is 12.8 Å². The third-order valence-electron chi connectivity index (χ3n) is 3.52. The van der Waals surface area contributed by atoms with E-state index in [4.69, 9.17) is 4.43 Å². The lowest BCUT2D eigenvalue weighted by atomic mass is 10.1. The van der Waals surface area contributed by atoms with Gasteiger partial charge in [0.05, 0.1) is 0 Å². The lowest BCUT2D eigenvalue weighted by Crippen LogP contribution is -2.42. The standard InChI is InChI=1S/C9H22OSi/c1-7-9(3,8-2)11(5,6)10-4/h7-8H2,1-6H3. The van der Waals surface area contributed by atoms with Crippen LogP contribution in [-0.4, -0.2) is 15.4 Å². The molecule has 0 N–H and O–H groups in total. The Morgan fingerprint density at radius 2 is 1.55 bits per heavy atom. The van der Waals surface area contributed by atoms with Crippen LogP contribution in [0, 0.1) is 0 Å². The molecule has 0 radical (unpaired) electrons. The van der Waals surface area contributed by atoms with Crippen molar-refractivity contribution in [1.82, 2.24) is 0 Å². The van der Waals surface area contributed by atoms with Crippen LogP contribution < -0.4 is 0 Å². The van der Waals surface area contributed by atoms with E-state index in [1.54, 1.807) is 0 Å². The molecule has 0 aromatic rings. The molecule has 2 heteroatoms. The summed E-state index contributed by atoms with van der Waals surface area (Å²) >= 11 is 0. The highest BCUT2D eigenvalue weighted by molar-refractivity contribution is 6.74. The van der Waals surface area contributed by atoms with E-state index in [0.29, 0.717) is 5.04 Å². The zero-order chi connectivity index (χ0) is 9.12. The van der Waals surface area contributed by atoms with Gasteiger partial charge in [0.25, 0.3) is 0 Å². The number of hydrogen-bond donors (Lipinski definition) is 0. The maximum atomic E-state index is 5.62. The van der Waals surface area contributed by atoms with Crippen LogP contribution in [-0.2, 0) is 4.43 Å². The highest BCUT2D eigenvalue weighted by atomic mass is 28.4. The van der Waals surface area contributed by atoms with Gasteiger partial charge in [-0.1, -0.05) is 33.6 Å². The van der Waals surface area contributed by atoms with Crippen LogP contribution in [0.5, 0.6) is 0 Å². The van der Waals surface area contributed by atoms with Crippen molar-refractivity contribution < 1.29 is 4.43 Å². The highest BCUT2D eigenvalue weighted by Gasteiger charge is 2.40. The minimum absolute atomic E-state index is 0.446. The Kier molecular flexibility index (Phi) is 3.78. The molecule has 0 atom stereocenters. The van der Waals surface area contributed by atoms with Gasteiger partial charge in [0, 0.05) is 7.11 Å². The fourth-order valence-corrected chi connectivity index (χ4v) is 3.54. The van der Waals surface area contributed by atoms with Crippen molar-refractivity contribution in [3.8, 4) is 0 Å². The van der Waals surface area contributed by atoms with Crippen LogP contribution in [0.2, 0.25) is 18.1 Å². The molecule has 0 aliphatic carbocycles. The first-order chi connectivity index (χ1) is 4.93. The molecule has 0 bridgehead atoms. The molecule has 1 nitrogen and oxygen atoms in total. The Morgan fingerprint density at radius 1 is 1.18 bits per heavy atom. The summed E-state index contributed by atoms with van der Waals surface area (Å²) in [6.07, 6.45) is 2.47. The first-order valence-corrected chi connectivity index (χ1v) is 7.39. The molecule has 0 amide bonds. The third kappa shape index (κ3) is 2.06. The fourth-order valence-electron chi connectivity index (χ4n) is 1.35. The lowest BCUT2D eigenvalue weighted by molar-refractivity contribution is 0.349. The Hall–Kier alpha value is 0.177. The van der Waals surface area contributed by atoms with Gasteiger partial charge in [0.1, 0.15) is 0 Å². The monoisotopic (exact) mass is 174 g/mol. The van der Waals surface area contributed by atoms with Gasteiger partial charge in [0.15, 0.2) is 8.32 Å². The van der Waals surface area contributed by atoms with Crippen LogP contribution in [0.4, 0.5) is 0 Å². The summed E-state index contributed by atoms with van der Waals surface area (Å²) < 4.78 is 5.62. The van der Waals surface area contributed by atoms with E-state index >= 15 is 0 Å². The Labute approximate surface area is 72.3 Å². The van der Waals surface area contributed by atoms with E-state index in [-0.39, 0.29) is 0 Å². The van der Waals surface area contributed by atoms with Crippen molar-refractivity contribution in [2.24, 2.45) is 0 Å². The molecule has 0 fully saturated rings. The van der Waals surface area contributed by atoms with Gasteiger partial charge in [0.2, 0.25) is 0 Å². The van der Waals surface area contributed by atoms with Gasteiger partial charge in [-0.25, -0.2) is 0 Å². The topological polar surface area (TPSA) is 9.23 Å². The summed E-state index contributed by atoms with van der Waals surface area (Å²) in [7, 11) is 0.426. The largest absolute Gasteiger partial charge is 0.420 e. The summed E-state index contributed by atoms with van der Waals surface area (Å²) in [5.74, 6) is 0. The first-order valence-electron chi connectivity index (χ1n) is 4.48. The second-order valence-electron chi connectivity index (χ2n) is 3.98. The van der Waals surface area contributed by atoms with E-state index in [1.807, 2.05) is 7.11 Å². The Morgan fingerprint density at radius 3 is 1.64 bits per heavy atom. The van der Waals surface area contributed by atoms with Crippen molar-refractivity contribution in [3.63, 3.8) is 0 Å². The van der Waals surface area contributed by atoms with Crippen molar-refractivity contribution in [1.29, 1.82) is 0 Å². The molecule has 68 valence electrons. The summed E-state index contributed by atoms with van der Waals surface area (Å²) in [6, 6.07) is 0. The van der Waals surface area contributed by atoms with Gasteiger partial charge in [-0.2, -0.15) is 0 Å². The van der Waals surface area contributed by atoms with Gasteiger partial charge in [-0.05, 0) is 18.1 Å². The quantitative estimate of drug-likeness (QED) is 0.593.